The van der Waals surface area contributed by atoms with Crippen LogP contribution in [-0.4, -0.2) is 44.9 Å². The fourth-order valence-corrected chi connectivity index (χ4v) is 3.41. The summed E-state index contributed by atoms with van der Waals surface area (Å²) in [7, 11) is 0. The van der Waals surface area contributed by atoms with Crippen LogP contribution in [0.25, 0.3) is 0 Å². The van der Waals surface area contributed by atoms with E-state index in [1.807, 2.05) is 34.8 Å². The van der Waals surface area contributed by atoms with Crippen molar-refractivity contribution in [3.8, 4) is 0 Å². The summed E-state index contributed by atoms with van der Waals surface area (Å²) in [6.07, 6.45) is 1.62. The Morgan fingerprint density at radius 1 is 1.52 bits per heavy atom. The minimum absolute atomic E-state index is 0.0127. The Bertz CT molecular complexity index is 642. The van der Waals surface area contributed by atoms with Gasteiger partial charge in [-0.15, -0.1) is 10.2 Å². The maximum Gasteiger partial charge on any atom is 0.317 e. The molecule has 2 amide bonds. The molecule has 0 aromatic carbocycles. The highest BCUT2D eigenvalue weighted by molar-refractivity contribution is 7.07. The van der Waals surface area contributed by atoms with Gasteiger partial charge in [0.15, 0.2) is 5.82 Å². The van der Waals surface area contributed by atoms with Gasteiger partial charge < -0.3 is 19.5 Å². The first-order valence-corrected chi connectivity index (χ1v) is 8.68. The zero-order valence-corrected chi connectivity index (χ0v) is 14.1. The Morgan fingerprint density at radius 2 is 2.39 bits per heavy atom. The van der Waals surface area contributed by atoms with E-state index >= 15 is 0 Å². The number of amides is 2. The molecule has 8 heteroatoms. The van der Waals surface area contributed by atoms with Crippen molar-refractivity contribution in [3.05, 3.63) is 34.5 Å². The second kappa shape index (κ2) is 7.10. The first-order valence-electron chi connectivity index (χ1n) is 7.74. The quantitative estimate of drug-likeness (QED) is 0.928. The molecule has 1 aliphatic rings. The predicted octanol–water partition coefficient (Wildman–Crippen LogP) is 2.03. The molecule has 1 saturated heterocycles. The number of carbonyl (C=O) groups is 1. The molecule has 7 nitrogen and oxygen atoms in total. The van der Waals surface area contributed by atoms with E-state index in [-0.39, 0.29) is 18.2 Å². The average molecular weight is 335 g/mol. The van der Waals surface area contributed by atoms with E-state index in [4.69, 9.17) is 4.74 Å². The van der Waals surface area contributed by atoms with Gasteiger partial charge in [-0.3, -0.25) is 0 Å². The highest BCUT2D eigenvalue weighted by Crippen LogP contribution is 2.26. The van der Waals surface area contributed by atoms with E-state index in [0.717, 1.165) is 17.9 Å². The van der Waals surface area contributed by atoms with Gasteiger partial charge in [0, 0.05) is 13.1 Å². The largest absolute Gasteiger partial charge is 0.367 e. The average Bonchev–Trinajstić information content (AvgIpc) is 3.23. The Labute approximate surface area is 139 Å². The first kappa shape index (κ1) is 15.9. The first-order chi connectivity index (χ1) is 11.2. The topological polar surface area (TPSA) is 72.3 Å². The molecular formula is C15H21N5O2S. The number of aromatic nitrogens is 3. The summed E-state index contributed by atoms with van der Waals surface area (Å²) in [4.78, 5) is 14.3. The van der Waals surface area contributed by atoms with Crippen molar-refractivity contribution in [2.24, 2.45) is 0 Å². The number of nitrogens with zero attached hydrogens (tertiary/aromatic N) is 4. The minimum atomic E-state index is -0.0916. The zero-order chi connectivity index (χ0) is 16.2. The molecule has 1 aliphatic heterocycles. The molecule has 0 radical (unpaired) electrons. The van der Waals surface area contributed by atoms with E-state index in [0.29, 0.717) is 19.6 Å². The van der Waals surface area contributed by atoms with Gasteiger partial charge in [0.2, 0.25) is 0 Å². The van der Waals surface area contributed by atoms with Gasteiger partial charge in [-0.1, -0.05) is 0 Å². The molecule has 1 N–H and O–H groups in total. The summed E-state index contributed by atoms with van der Waals surface area (Å²) in [6.45, 7) is 6.32. The van der Waals surface area contributed by atoms with Crippen LogP contribution in [0.3, 0.4) is 0 Å². The fourth-order valence-electron chi connectivity index (χ4n) is 2.71. The molecule has 2 aromatic heterocycles. The van der Waals surface area contributed by atoms with Gasteiger partial charge in [0.1, 0.15) is 12.4 Å². The third-order valence-electron chi connectivity index (χ3n) is 3.90. The predicted molar refractivity (Wildman–Crippen MR) is 87.1 cm³/mol. The molecule has 0 aliphatic carbocycles. The molecule has 2 aromatic rings. The van der Waals surface area contributed by atoms with Crippen LogP contribution in [0.4, 0.5) is 4.79 Å². The van der Waals surface area contributed by atoms with Gasteiger partial charge >= 0.3 is 6.03 Å². The lowest BCUT2D eigenvalue weighted by molar-refractivity contribution is -0.0655. The van der Waals surface area contributed by atoms with Crippen LogP contribution in [-0.2, 0) is 17.8 Å². The van der Waals surface area contributed by atoms with Crippen molar-refractivity contribution < 1.29 is 9.53 Å². The highest BCUT2D eigenvalue weighted by Gasteiger charge is 2.29. The second-order valence-corrected chi connectivity index (χ2v) is 6.37. The van der Waals surface area contributed by atoms with Crippen LogP contribution in [0.1, 0.15) is 31.3 Å². The molecule has 2 unspecified atom stereocenters. The van der Waals surface area contributed by atoms with Crippen LogP contribution in [0, 0.1) is 0 Å². The summed E-state index contributed by atoms with van der Waals surface area (Å²) in [5.41, 5.74) is 1.13. The molecule has 3 rings (SSSR count). The molecule has 0 bridgehead atoms. The van der Waals surface area contributed by atoms with Crippen LogP contribution < -0.4 is 5.32 Å². The fraction of sp³-hybridized carbons (Fsp3) is 0.533. The Kier molecular flexibility index (Phi) is 4.92. The SMILES string of the molecule is CCn1cnnc1CNC(=O)N1CC(C)OC(c2ccsc2)C1. The third-order valence-corrected chi connectivity index (χ3v) is 4.60. The Hall–Kier alpha value is -1.93. The van der Waals surface area contributed by atoms with E-state index in [1.54, 1.807) is 17.7 Å². The number of nitrogens with one attached hydrogen (secondary N) is 1. The van der Waals surface area contributed by atoms with Gasteiger partial charge in [-0.2, -0.15) is 11.3 Å². The summed E-state index contributed by atoms with van der Waals surface area (Å²) in [5.74, 6) is 0.761. The maximum absolute atomic E-state index is 12.5. The van der Waals surface area contributed by atoms with Crippen molar-refractivity contribution >= 4 is 17.4 Å². The second-order valence-electron chi connectivity index (χ2n) is 5.59. The molecule has 23 heavy (non-hydrogen) atoms. The highest BCUT2D eigenvalue weighted by atomic mass is 32.1. The molecule has 2 atom stereocenters. The Balaban J connectivity index is 1.60. The van der Waals surface area contributed by atoms with Crippen molar-refractivity contribution in [2.45, 2.75) is 39.1 Å². The number of thiophene rings is 1. The van der Waals surface area contributed by atoms with Crippen molar-refractivity contribution in [1.29, 1.82) is 0 Å². The van der Waals surface area contributed by atoms with E-state index in [9.17, 15) is 4.79 Å². The number of aryl methyl sites for hydroxylation is 1. The van der Waals surface area contributed by atoms with E-state index < -0.39 is 0 Å². The molecule has 0 saturated carbocycles. The number of morpholine rings is 1. The number of rotatable bonds is 4. The van der Waals surface area contributed by atoms with E-state index in [1.165, 1.54) is 0 Å². The van der Waals surface area contributed by atoms with Crippen LogP contribution in [0.5, 0.6) is 0 Å². The smallest absolute Gasteiger partial charge is 0.317 e. The third kappa shape index (κ3) is 3.70. The van der Waals surface area contributed by atoms with Crippen LogP contribution in [0.15, 0.2) is 23.2 Å². The lowest BCUT2D eigenvalue weighted by atomic mass is 10.1. The zero-order valence-electron chi connectivity index (χ0n) is 13.3. The molecular weight excluding hydrogens is 314 g/mol. The van der Waals surface area contributed by atoms with Gasteiger partial charge in [-0.05, 0) is 36.2 Å². The number of carbonyl (C=O) groups excluding carboxylic acids is 1. The summed E-state index contributed by atoms with van der Waals surface area (Å²) in [6, 6.07) is 1.96. The van der Waals surface area contributed by atoms with Crippen LogP contribution in [0.2, 0.25) is 0 Å². The number of hydrogen-bond acceptors (Lipinski definition) is 5. The van der Waals surface area contributed by atoms with Gasteiger partial charge in [0.05, 0.1) is 19.2 Å². The normalized spacial score (nSPS) is 21.4. The van der Waals surface area contributed by atoms with E-state index in [2.05, 4.69) is 20.9 Å². The van der Waals surface area contributed by atoms with Crippen molar-refractivity contribution in [2.75, 3.05) is 13.1 Å². The lowest BCUT2D eigenvalue weighted by Crippen LogP contribution is -2.49. The minimum Gasteiger partial charge on any atom is -0.367 e. The molecule has 3 heterocycles. The summed E-state index contributed by atoms with van der Waals surface area (Å²) >= 11 is 1.64. The monoisotopic (exact) mass is 335 g/mol. The Morgan fingerprint density at radius 3 is 3.13 bits per heavy atom. The van der Waals surface area contributed by atoms with Crippen molar-refractivity contribution in [1.82, 2.24) is 25.0 Å². The molecule has 1 fully saturated rings. The van der Waals surface area contributed by atoms with Gasteiger partial charge in [-0.25, -0.2) is 4.79 Å². The number of ether oxygens (including phenoxy) is 1. The molecule has 124 valence electrons. The van der Waals surface area contributed by atoms with Crippen molar-refractivity contribution in [3.63, 3.8) is 0 Å². The lowest BCUT2D eigenvalue weighted by Gasteiger charge is -2.36. The summed E-state index contributed by atoms with van der Waals surface area (Å²) < 4.78 is 7.87. The number of urea groups is 1. The van der Waals surface area contributed by atoms with Crippen LogP contribution >= 0.6 is 11.3 Å². The maximum atomic E-state index is 12.5. The molecule has 0 spiro atoms. The summed E-state index contributed by atoms with van der Waals surface area (Å²) in [5, 5.41) is 14.9. The standard InChI is InChI=1S/C15H21N5O2S/c1-3-19-10-17-18-14(19)6-16-15(21)20-7-11(2)22-13(8-20)12-4-5-23-9-12/h4-5,9-11,13H,3,6-8H2,1-2H3,(H,16,21). The number of hydrogen-bond donors (Lipinski definition) is 1. The van der Waals surface area contributed by atoms with Gasteiger partial charge in [0.25, 0.3) is 0 Å².